The van der Waals surface area contributed by atoms with Gasteiger partial charge in [0, 0.05) is 54.7 Å². The molecule has 0 bridgehead atoms. The summed E-state index contributed by atoms with van der Waals surface area (Å²) in [6.07, 6.45) is 3.55. The molecule has 0 aliphatic heterocycles. The Morgan fingerprint density at radius 1 is 0.814 bits per heavy atom. The highest BCUT2D eigenvalue weighted by Crippen LogP contribution is 2.19. The van der Waals surface area contributed by atoms with Crippen LogP contribution in [-0.4, -0.2) is 79.7 Å². The van der Waals surface area contributed by atoms with Crippen molar-refractivity contribution in [3.8, 4) is 0 Å². The molecule has 1 aromatic carbocycles. The van der Waals surface area contributed by atoms with Crippen LogP contribution in [-0.2, 0) is 41.6 Å². The van der Waals surface area contributed by atoms with Gasteiger partial charge in [-0.3, -0.25) is 24.0 Å². The van der Waals surface area contributed by atoms with Crippen molar-refractivity contribution in [2.45, 2.75) is 62.7 Å². The number of nitrogens with one attached hydrogen (secondary N) is 5. The number of hydrogen-bond acceptors (Lipinski definition) is 8. The topological polar surface area (TPSA) is 281 Å². The Labute approximate surface area is 245 Å². The van der Waals surface area contributed by atoms with Gasteiger partial charge in [-0.25, -0.2) is 9.78 Å². The third-order valence-electron chi connectivity index (χ3n) is 6.68. The number of aromatic nitrogens is 3. The fourth-order valence-corrected chi connectivity index (χ4v) is 4.35. The molecular formula is C27H35N9O7. The van der Waals surface area contributed by atoms with Gasteiger partial charge in [-0.15, -0.1) is 0 Å². The number of aliphatic carboxylic acids is 1. The summed E-state index contributed by atoms with van der Waals surface area (Å²) in [6, 6.07) is 2.08. The first-order valence-electron chi connectivity index (χ1n) is 13.4. The molecule has 3 aromatic rings. The first kappa shape index (κ1) is 32.3. The molecule has 0 radical (unpaired) electrons. The predicted octanol–water partition coefficient (Wildman–Crippen LogP) is -1.93. The summed E-state index contributed by atoms with van der Waals surface area (Å²) < 4.78 is 0. The van der Waals surface area contributed by atoms with E-state index in [-0.39, 0.29) is 38.5 Å². The molecule has 0 saturated heterocycles. The average molecular weight is 598 g/mol. The molecule has 2 heterocycles. The van der Waals surface area contributed by atoms with E-state index in [9.17, 15) is 33.9 Å². The van der Waals surface area contributed by atoms with Crippen LogP contribution in [0.5, 0.6) is 0 Å². The number of rotatable bonds is 17. The number of imidazole rings is 1. The Morgan fingerprint density at radius 2 is 1.44 bits per heavy atom. The number of H-pyrrole nitrogens is 2. The van der Waals surface area contributed by atoms with E-state index in [1.165, 1.54) is 12.5 Å². The van der Waals surface area contributed by atoms with E-state index in [2.05, 4.69) is 30.9 Å². The highest BCUT2D eigenvalue weighted by molar-refractivity contribution is 5.95. The van der Waals surface area contributed by atoms with E-state index >= 15 is 0 Å². The minimum absolute atomic E-state index is 0.0593. The Balaban J connectivity index is 1.77. The molecule has 0 fully saturated rings. The minimum atomic E-state index is -1.38. The summed E-state index contributed by atoms with van der Waals surface area (Å²) in [5.74, 6) is -5.15. The zero-order valence-corrected chi connectivity index (χ0v) is 23.2. The highest BCUT2D eigenvalue weighted by atomic mass is 16.4. The zero-order chi connectivity index (χ0) is 31.5. The fourth-order valence-electron chi connectivity index (χ4n) is 4.35. The predicted molar refractivity (Wildman–Crippen MR) is 153 cm³/mol. The van der Waals surface area contributed by atoms with E-state index in [1.54, 1.807) is 12.3 Å². The molecular weight excluding hydrogens is 562 g/mol. The number of carbonyl (C=O) groups excluding carboxylic acids is 5. The summed E-state index contributed by atoms with van der Waals surface area (Å²) >= 11 is 0. The number of primary amides is 2. The molecule has 0 saturated carbocycles. The maximum absolute atomic E-state index is 13.4. The van der Waals surface area contributed by atoms with Crippen LogP contribution in [0.15, 0.2) is 43.0 Å². The third-order valence-corrected chi connectivity index (χ3v) is 6.68. The number of nitrogens with two attached hydrogens (primary N) is 3. The van der Waals surface area contributed by atoms with E-state index in [0.29, 0.717) is 11.3 Å². The summed E-state index contributed by atoms with van der Waals surface area (Å²) in [4.78, 5) is 83.8. The lowest BCUT2D eigenvalue weighted by molar-refractivity contribution is -0.142. The number of carboxylic acids is 1. The number of fused-ring (bicyclic) bond motifs is 1. The van der Waals surface area contributed by atoms with Gasteiger partial charge < -0.3 is 48.2 Å². The van der Waals surface area contributed by atoms with Gasteiger partial charge in [0.2, 0.25) is 29.5 Å². The van der Waals surface area contributed by atoms with Crippen LogP contribution in [0.3, 0.4) is 0 Å². The first-order chi connectivity index (χ1) is 20.4. The highest BCUT2D eigenvalue weighted by Gasteiger charge is 2.31. The number of para-hydroxylation sites is 1. The van der Waals surface area contributed by atoms with Crippen LogP contribution in [0.2, 0.25) is 0 Å². The molecule has 16 nitrogen and oxygen atoms in total. The lowest BCUT2D eigenvalue weighted by Crippen LogP contribution is -2.58. The average Bonchev–Trinajstić information content (AvgIpc) is 3.62. The van der Waals surface area contributed by atoms with Crippen LogP contribution in [0.4, 0.5) is 0 Å². The standard InChI is InChI=1S/C27H35N9O7/c28-17(5-7-22(29)37)24(39)35-20(10-15-12-31-13-33-15)26(41)34-19(6-8-23(30)38)25(40)36-21(27(42)43)9-14-11-32-18-4-2-1-3-16(14)18/h1-4,11-13,17,19-21,32H,5-10,28H2,(H2,29,37)(H2,30,38)(H,31,33)(H,34,41)(H,35,39)(H,36,40)(H,42,43). The van der Waals surface area contributed by atoms with E-state index in [1.807, 2.05) is 18.2 Å². The Morgan fingerprint density at radius 3 is 2.09 bits per heavy atom. The second-order valence-electron chi connectivity index (χ2n) is 9.98. The number of aromatic amines is 2. The molecule has 12 N–H and O–H groups in total. The summed E-state index contributed by atoms with van der Waals surface area (Å²) in [5.41, 5.74) is 18.1. The van der Waals surface area contributed by atoms with E-state index < -0.39 is 59.7 Å². The maximum Gasteiger partial charge on any atom is 0.326 e. The van der Waals surface area contributed by atoms with Crippen LogP contribution < -0.4 is 33.2 Å². The van der Waals surface area contributed by atoms with Crippen molar-refractivity contribution in [2.75, 3.05) is 0 Å². The van der Waals surface area contributed by atoms with Gasteiger partial charge in [-0.2, -0.15) is 0 Å². The van der Waals surface area contributed by atoms with Crippen LogP contribution in [0, 0.1) is 0 Å². The van der Waals surface area contributed by atoms with Gasteiger partial charge in [0.25, 0.3) is 0 Å². The van der Waals surface area contributed by atoms with Gasteiger partial charge in [0.05, 0.1) is 12.4 Å². The third kappa shape index (κ3) is 9.67. The van der Waals surface area contributed by atoms with Gasteiger partial charge in [-0.1, -0.05) is 18.2 Å². The molecule has 0 spiro atoms. The second-order valence-corrected chi connectivity index (χ2v) is 9.98. The summed E-state index contributed by atoms with van der Waals surface area (Å²) in [7, 11) is 0. The van der Waals surface area contributed by atoms with Crippen molar-refractivity contribution in [1.29, 1.82) is 0 Å². The number of benzene rings is 1. The molecule has 16 heteroatoms. The Kier molecular flexibility index (Phi) is 11.3. The molecule has 43 heavy (non-hydrogen) atoms. The molecule has 5 amide bonds. The second kappa shape index (κ2) is 15.1. The number of nitrogens with zero attached hydrogens (tertiary/aromatic N) is 1. The fraction of sp³-hybridized carbons (Fsp3) is 0.370. The summed E-state index contributed by atoms with van der Waals surface area (Å²) in [5, 5.41) is 18.1. The van der Waals surface area contributed by atoms with Crippen LogP contribution >= 0.6 is 0 Å². The Bertz CT molecular complexity index is 1450. The minimum Gasteiger partial charge on any atom is -0.480 e. The molecule has 4 atom stereocenters. The molecule has 230 valence electrons. The first-order valence-corrected chi connectivity index (χ1v) is 13.4. The number of carbonyl (C=O) groups is 6. The van der Waals surface area contributed by atoms with E-state index in [4.69, 9.17) is 17.2 Å². The molecule has 2 aromatic heterocycles. The number of carboxylic acid groups (broad SMARTS) is 1. The molecule has 0 aliphatic rings. The molecule has 0 aliphatic carbocycles. The quantitative estimate of drug-likeness (QED) is 0.0836. The monoisotopic (exact) mass is 597 g/mol. The van der Waals surface area contributed by atoms with Crippen molar-refractivity contribution in [3.05, 3.63) is 54.2 Å². The zero-order valence-electron chi connectivity index (χ0n) is 23.2. The van der Waals surface area contributed by atoms with Crippen LogP contribution in [0.25, 0.3) is 10.9 Å². The molecule has 4 unspecified atom stereocenters. The number of amides is 5. The van der Waals surface area contributed by atoms with Gasteiger partial charge >= 0.3 is 5.97 Å². The lowest BCUT2D eigenvalue weighted by atomic mass is 10.0. The van der Waals surface area contributed by atoms with Gasteiger partial charge in [0.1, 0.15) is 18.1 Å². The van der Waals surface area contributed by atoms with Crippen molar-refractivity contribution >= 4 is 46.4 Å². The van der Waals surface area contributed by atoms with Crippen molar-refractivity contribution in [1.82, 2.24) is 30.9 Å². The lowest BCUT2D eigenvalue weighted by Gasteiger charge is -2.25. The number of hydrogen-bond donors (Lipinski definition) is 9. The SMILES string of the molecule is NC(=O)CCC(N)C(=O)NC(Cc1cnc[nH]1)C(=O)NC(CCC(N)=O)C(=O)NC(Cc1c[nH]c2ccccc12)C(=O)O. The van der Waals surface area contributed by atoms with E-state index in [0.717, 1.165) is 10.9 Å². The van der Waals surface area contributed by atoms with Crippen molar-refractivity contribution in [2.24, 2.45) is 17.2 Å². The Hall–Kier alpha value is -5.25. The maximum atomic E-state index is 13.4. The van der Waals surface area contributed by atoms with Crippen molar-refractivity contribution in [3.63, 3.8) is 0 Å². The van der Waals surface area contributed by atoms with Crippen molar-refractivity contribution < 1.29 is 33.9 Å². The normalized spacial score (nSPS) is 13.8. The summed E-state index contributed by atoms with van der Waals surface area (Å²) in [6.45, 7) is 0. The largest absolute Gasteiger partial charge is 0.480 e. The molecule has 3 rings (SSSR count). The van der Waals surface area contributed by atoms with Gasteiger partial charge in [-0.05, 0) is 24.5 Å². The van der Waals surface area contributed by atoms with Crippen LogP contribution in [0.1, 0.15) is 36.9 Å². The van der Waals surface area contributed by atoms with Gasteiger partial charge in [0.15, 0.2) is 0 Å². The smallest absolute Gasteiger partial charge is 0.326 e.